The molecule has 4 nitrogen and oxygen atoms in total. The van der Waals surface area contributed by atoms with Gasteiger partial charge in [-0.3, -0.25) is 0 Å². The summed E-state index contributed by atoms with van der Waals surface area (Å²) in [6.45, 7) is 3.68. The van der Waals surface area contributed by atoms with Crippen molar-refractivity contribution in [2.75, 3.05) is 6.61 Å². The molecule has 0 aliphatic carbocycles. The van der Waals surface area contributed by atoms with E-state index in [1.807, 2.05) is 0 Å². The summed E-state index contributed by atoms with van der Waals surface area (Å²) in [5.74, 6) is -0.621. The summed E-state index contributed by atoms with van der Waals surface area (Å²) in [4.78, 5) is 18.7. The van der Waals surface area contributed by atoms with Gasteiger partial charge in [-0.25, -0.2) is 14.2 Å². The second kappa shape index (κ2) is 5.52. The third-order valence-corrected chi connectivity index (χ3v) is 3.03. The zero-order chi connectivity index (χ0) is 14.0. The van der Waals surface area contributed by atoms with Gasteiger partial charge in [0, 0.05) is 10.2 Å². The van der Waals surface area contributed by atoms with Gasteiger partial charge in [-0.15, -0.1) is 0 Å². The van der Waals surface area contributed by atoms with Crippen LogP contribution in [0.5, 0.6) is 0 Å². The first-order chi connectivity index (χ1) is 9.02. The van der Waals surface area contributed by atoms with Gasteiger partial charge in [0.25, 0.3) is 0 Å². The number of halogens is 2. The number of carbonyl (C=O) groups is 1. The Kier molecular flexibility index (Phi) is 3.99. The fourth-order valence-electron chi connectivity index (χ4n) is 1.67. The van der Waals surface area contributed by atoms with Crippen LogP contribution in [0.1, 0.15) is 23.1 Å². The van der Waals surface area contributed by atoms with E-state index in [1.165, 1.54) is 6.07 Å². The van der Waals surface area contributed by atoms with Crippen LogP contribution in [-0.2, 0) is 4.74 Å². The molecule has 2 aromatic rings. The summed E-state index contributed by atoms with van der Waals surface area (Å²) in [6, 6.07) is 4.53. The Balaban J connectivity index is 2.44. The van der Waals surface area contributed by atoms with Crippen molar-refractivity contribution >= 4 is 21.9 Å². The minimum absolute atomic E-state index is 0.177. The van der Waals surface area contributed by atoms with Gasteiger partial charge in [0.2, 0.25) is 0 Å². The van der Waals surface area contributed by atoms with Crippen LogP contribution in [-0.4, -0.2) is 22.5 Å². The molecule has 0 saturated carbocycles. The molecule has 1 aromatic carbocycles. The number of imidazole rings is 1. The second-order valence-corrected chi connectivity index (χ2v) is 4.82. The normalized spacial score (nSPS) is 10.5. The van der Waals surface area contributed by atoms with Crippen molar-refractivity contribution in [3.63, 3.8) is 0 Å². The number of ether oxygens (including phenoxy) is 1. The van der Waals surface area contributed by atoms with E-state index < -0.39 is 11.8 Å². The molecule has 0 unspecified atom stereocenters. The molecular formula is C13H12BrFN2O2. The van der Waals surface area contributed by atoms with Crippen LogP contribution in [0.4, 0.5) is 4.39 Å². The van der Waals surface area contributed by atoms with Crippen molar-refractivity contribution in [3.8, 4) is 11.4 Å². The Hall–Kier alpha value is -1.69. The van der Waals surface area contributed by atoms with Gasteiger partial charge in [-0.05, 0) is 32.0 Å². The number of benzene rings is 1. The number of rotatable bonds is 3. The van der Waals surface area contributed by atoms with E-state index in [1.54, 1.807) is 26.0 Å². The molecule has 0 atom stereocenters. The number of aromatic nitrogens is 2. The highest BCUT2D eigenvalue weighted by atomic mass is 79.9. The van der Waals surface area contributed by atoms with Gasteiger partial charge in [-0.1, -0.05) is 15.9 Å². The monoisotopic (exact) mass is 326 g/mol. The molecule has 19 heavy (non-hydrogen) atoms. The molecule has 1 aromatic heterocycles. The van der Waals surface area contributed by atoms with Crippen molar-refractivity contribution in [3.05, 3.63) is 39.9 Å². The van der Waals surface area contributed by atoms with Crippen LogP contribution in [0.2, 0.25) is 0 Å². The molecule has 0 spiro atoms. The van der Waals surface area contributed by atoms with Gasteiger partial charge in [0.15, 0.2) is 5.69 Å². The van der Waals surface area contributed by atoms with E-state index in [0.29, 0.717) is 17.1 Å². The topological polar surface area (TPSA) is 55.0 Å². The fraction of sp³-hybridized carbons (Fsp3) is 0.231. The summed E-state index contributed by atoms with van der Waals surface area (Å²) in [6.07, 6.45) is 0. The molecule has 0 saturated heterocycles. The molecule has 0 radical (unpaired) electrons. The number of aromatic amines is 1. The number of nitrogens with zero attached hydrogens (tertiary/aromatic N) is 1. The molecule has 6 heteroatoms. The number of H-pyrrole nitrogens is 1. The van der Waals surface area contributed by atoms with Gasteiger partial charge in [0.1, 0.15) is 11.6 Å². The largest absolute Gasteiger partial charge is 0.461 e. The van der Waals surface area contributed by atoms with E-state index in [9.17, 15) is 9.18 Å². The minimum Gasteiger partial charge on any atom is -0.461 e. The van der Waals surface area contributed by atoms with Crippen molar-refractivity contribution in [2.24, 2.45) is 0 Å². The molecule has 100 valence electrons. The zero-order valence-electron chi connectivity index (χ0n) is 10.5. The minimum atomic E-state index is -0.516. The van der Waals surface area contributed by atoms with Crippen molar-refractivity contribution in [1.82, 2.24) is 9.97 Å². The van der Waals surface area contributed by atoms with Crippen LogP contribution >= 0.6 is 15.9 Å². The SMILES string of the molecule is CCOC(=O)c1nc(-c2cc(Br)ccc2F)[nH]c1C. The molecular weight excluding hydrogens is 315 g/mol. The summed E-state index contributed by atoms with van der Waals surface area (Å²) in [7, 11) is 0. The second-order valence-electron chi connectivity index (χ2n) is 3.90. The fourth-order valence-corrected chi connectivity index (χ4v) is 2.03. The Morgan fingerprint density at radius 3 is 2.95 bits per heavy atom. The van der Waals surface area contributed by atoms with Gasteiger partial charge < -0.3 is 9.72 Å². The highest BCUT2D eigenvalue weighted by Crippen LogP contribution is 2.25. The Labute approximate surface area is 118 Å². The molecule has 1 heterocycles. The van der Waals surface area contributed by atoms with Crippen LogP contribution < -0.4 is 0 Å². The van der Waals surface area contributed by atoms with Crippen LogP contribution in [0, 0.1) is 12.7 Å². The maximum Gasteiger partial charge on any atom is 0.358 e. The number of esters is 1. The first-order valence-electron chi connectivity index (χ1n) is 5.72. The van der Waals surface area contributed by atoms with E-state index >= 15 is 0 Å². The van der Waals surface area contributed by atoms with Crippen LogP contribution in [0.15, 0.2) is 22.7 Å². The number of carbonyl (C=O) groups excluding carboxylic acids is 1. The molecule has 1 N–H and O–H groups in total. The van der Waals surface area contributed by atoms with E-state index in [-0.39, 0.29) is 12.3 Å². The van der Waals surface area contributed by atoms with E-state index in [2.05, 4.69) is 25.9 Å². The van der Waals surface area contributed by atoms with E-state index in [4.69, 9.17) is 4.74 Å². The molecule has 0 aliphatic rings. The first-order valence-corrected chi connectivity index (χ1v) is 6.51. The molecule has 0 aliphatic heterocycles. The summed E-state index contributed by atoms with van der Waals surface area (Å²) in [5.41, 5.74) is 1.03. The maximum absolute atomic E-state index is 13.7. The summed E-state index contributed by atoms with van der Waals surface area (Å²) in [5, 5.41) is 0. The number of hydrogen-bond donors (Lipinski definition) is 1. The zero-order valence-corrected chi connectivity index (χ0v) is 12.0. The maximum atomic E-state index is 13.7. The lowest BCUT2D eigenvalue weighted by atomic mass is 10.2. The number of hydrogen-bond acceptors (Lipinski definition) is 3. The van der Waals surface area contributed by atoms with Crippen LogP contribution in [0.3, 0.4) is 0 Å². The Morgan fingerprint density at radius 2 is 2.26 bits per heavy atom. The first kappa shape index (κ1) is 13.7. The Morgan fingerprint density at radius 1 is 1.53 bits per heavy atom. The van der Waals surface area contributed by atoms with Crippen molar-refractivity contribution in [1.29, 1.82) is 0 Å². The molecule has 2 rings (SSSR count). The van der Waals surface area contributed by atoms with Crippen molar-refractivity contribution < 1.29 is 13.9 Å². The third-order valence-electron chi connectivity index (χ3n) is 2.54. The average molecular weight is 327 g/mol. The highest BCUT2D eigenvalue weighted by Gasteiger charge is 2.18. The standard InChI is InChI=1S/C13H12BrFN2O2/c1-3-19-13(18)11-7(2)16-12(17-11)9-6-8(14)4-5-10(9)15/h4-6H,3H2,1-2H3,(H,16,17). The van der Waals surface area contributed by atoms with Gasteiger partial charge in [-0.2, -0.15) is 0 Å². The lowest BCUT2D eigenvalue weighted by molar-refractivity contribution is 0.0519. The number of aryl methyl sites for hydroxylation is 1. The summed E-state index contributed by atoms with van der Waals surface area (Å²) < 4.78 is 19.4. The van der Waals surface area contributed by atoms with E-state index in [0.717, 1.165) is 4.47 Å². The quantitative estimate of drug-likeness (QED) is 0.879. The Bertz CT molecular complexity index is 625. The lowest BCUT2D eigenvalue weighted by Gasteiger charge is -2.00. The molecule has 0 amide bonds. The predicted octanol–water partition coefficient (Wildman–Crippen LogP) is 3.46. The predicted molar refractivity (Wildman–Crippen MR) is 72.4 cm³/mol. The molecule has 0 fully saturated rings. The lowest BCUT2D eigenvalue weighted by Crippen LogP contribution is -2.06. The van der Waals surface area contributed by atoms with Gasteiger partial charge in [0.05, 0.1) is 12.2 Å². The molecule has 0 bridgehead atoms. The van der Waals surface area contributed by atoms with Crippen molar-refractivity contribution in [2.45, 2.75) is 13.8 Å². The third kappa shape index (κ3) is 2.84. The highest BCUT2D eigenvalue weighted by molar-refractivity contribution is 9.10. The van der Waals surface area contributed by atoms with Gasteiger partial charge >= 0.3 is 5.97 Å². The smallest absolute Gasteiger partial charge is 0.358 e. The number of nitrogens with one attached hydrogen (secondary N) is 1. The average Bonchev–Trinajstić information content (AvgIpc) is 2.74. The summed E-state index contributed by atoms with van der Waals surface area (Å²) >= 11 is 3.27. The van der Waals surface area contributed by atoms with Crippen LogP contribution in [0.25, 0.3) is 11.4 Å².